The lowest BCUT2D eigenvalue weighted by atomic mass is 10.2. The van der Waals surface area contributed by atoms with Gasteiger partial charge in [0, 0.05) is 32.9 Å². The highest BCUT2D eigenvalue weighted by atomic mass is 127. The molecule has 1 aromatic carbocycles. The third-order valence-corrected chi connectivity index (χ3v) is 4.30. The minimum Gasteiger partial charge on any atom is -0.380 e. The summed E-state index contributed by atoms with van der Waals surface area (Å²) in [6, 6.07) is 7.21. The molecule has 1 saturated heterocycles. The number of nitrogens with one attached hydrogen (secondary N) is 1. The van der Waals surface area contributed by atoms with Crippen LogP contribution in [0.25, 0.3) is 0 Å². The van der Waals surface area contributed by atoms with Crippen LogP contribution >= 0.6 is 34.2 Å². The molecule has 1 aliphatic rings. The second-order valence-corrected chi connectivity index (χ2v) is 6.09. The van der Waals surface area contributed by atoms with Crippen molar-refractivity contribution < 1.29 is 0 Å². The van der Waals surface area contributed by atoms with Crippen LogP contribution in [0.15, 0.2) is 18.2 Å². The number of halogens is 2. The third-order valence-electron chi connectivity index (χ3n) is 3.18. The average Bonchev–Trinajstić information content (AvgIpc) is 2.51. The minimum atomic E-state index is 0.551. The molecule has 1 aromatic rings. The van der Waals surface area contributed by atoms with E-state index in [1.165, 1.54) is 15.7 Å². The van der Waals surface area contributed by atoms with Gasteiger partial charge in [-0.25, -0.2) is 0 Å². The molecule has 1 aliphatic heterocycles. The highest BCUT2D eigenvalue weighted by molar-refractivity contribution is 14.1. The number of hydrogen-bond acceptors (Lipinski definition) is 2. The van der Waals surface area contributed by atoms with Crippen LogP contribution in [0.3, 0.4) is 0 Å². The average molecular weight is 351 g/mol. The Balaban J connectivity index is 2.05. The molecular weight excluding hydrogens is 335 g/mol. The zero-order valence-corrected chi connectivity index (χ0v) is 12.4. The van der Waals surface area contributed by atoms with Crippen molar-refractivity contribution in [1.82, 2.24) is 4.90 Å². The fraction of sp³-hybridized carbons (Fsp3) is 0.500. The fourth-order valence-corrected chi connectivity index (χ4v) is 3.15. The van der Waals surface area contributed by atoms with Crippen molar-refractivity contribution in [3.05, 3.63) is 26.8 Å². The van der Waals surface area contributed by atoms with E-state index in [1.807, 2.05) is 12.1 Å². The van der Waals surface area contributed by atoms with Crippen molar-refractivity contribution in [2.24, 2.45) is 0 Å². The molecule has 0 aliphatic carbocycles. The molecule has 0 aromatic heterocycles. The second-order valence-electron chi connectivity index (χ2n) is 4.49. The van der Waals surface area contributed by atoms with Crippen LogP contribution in [0.5, 0.6) is 0 Å². The lowest BCUT2D eigenvalue weighted by Gasteiger charge is -2.15. The maximum absolute atomic E-state index is 5.94. The Hall–Kier alpha value is -0.0000000000000000763. The Kier molecular flexibility index (Phi) is 3.97. The summed E-state index contributed by atoms with van der Waals surface area (Å²) in [5.74, 6) is 0. The van der Waals surface area contributed by atoms with Gasteiger partial charge in [-0.05, 0) is 61.2 Å². The summed E-state index contributed by atoms with van der Waals surface area (Å²) in [6.45, 7) is 3.38. The van der Waals surface area contributed by atoms with Gasteiger partial charge in [-0.15, -0.1) is 0 Å². The van der Waals surface area contributed by atoms with E-state index in [4.69, 9.17) is 11.6 Å². The van der Waals surface area contributed by atoms with Crippen molar-refractivity contribution in [3.8, 4) is 0 Å². The van der Waals surface area contributed by atoms with Gasteiger partial charge in [0.25, 0.3) is 0 Å². The summed E-state index contributed by atoms with van der Waals surface area (Å²) in [7, 11) is 2.18. The maximum atomic E-state index is 5.94. The molecule has 4 heteroatoms. The van der Waals surface area contributed by atoms with Crippen LogP contribution in [0.2, 0.25) is 5.02 Å². The largest absolute Gasteiger partial charge is 0.380 e. The summed E-state index contributed by atoms with van der Waals surface area (Å²) in [5.41, 5.74) is 1.19. The quantitative estimate of drug-likeness (QED) is 0.822. The molecule has 1 fully saturated rings. The van der Waals surface area contributed by atoms with E-state index in [0.29, 0.717) is 12.1 Å². The molecule has 1 N–H and O–H groups in total. The molecule has 0 amide bonds. The van der Waals surface area contributed by atoms with E-state index in [0.717, 1.165) is 11.6 Å². The Morgan fingerprint density at radius 1 is 1.50 bits per heavy atom. The Labute approximate surface area is 115 Å². The molecule has 0 saturated carbocycles. The predicted octanol–water partition coefficient (Wildman–Crippen LogP) is 3.45. The first-order chi connectivity index (χ1) is 7.56. The Morgan fingerprint density at radius 2 is 2.25 bits per heavy atom. The molecule has 2 unspecified atom stereocenters. The maximum Gasteiger partial charge on any atom is 0.0479 e. The summed E-state index contributed by atoms with van der Waals surface area (Å²) >= 11 is 8.26. The standard InChI is InChI=1S/C12H16ClIN2/c1-8-5-10(7-16(8)2)15-12-4-3-9(13)6-11(12)14/h3-4,6,8,10,15H,5,7H2,1-2H3. The number of rotatable bonds is 2. The zero-order chi connectivity index (χ0) is 11.7. The van der Waals surface area contributed by atoms with E-state index in [2.05, 4.69) is 52.8 Å². The topological polar surface area (TPSA) is 15.3 Å². The number of likely N-dealkylation sites (tertiary alicyclic amines) is 1. The highest BCUT2D eigenvalue weighted by Crippen LogP contribution is 2.25. The zero-order valence-electron chi connectivity index (χ0n) is 9.50. The lowest BCUT2D eigenvalue weighted by molar-refractivity contribution is 0.330. The molecule has 0 bridgehead atoms. The number of anilines is 1. The van der Waals surface area contributed by atoms with Crippen molar-refractivity contribution in [3.63, 3.8) is 0 Å². The number of benzene rings is 1. The van der Waals surface area contributed by atoms with E-state index < -0.39 is 0 Å². The SMILES string of the molecule is CC1CC(Nc2ccc(Cl)cc2I)CN1C. The Bertz CT molecular complexity index is 373. The van der Waals surface area contributed by atoms with Crippen molar-refractivity contribution >= 4 is 39.9 Å². The van der Waals surface area contributed by atoms with Crippen LogP contribution in [-0.2, 0) is 0 Å². The molecule has 2 atom stereocenters. The van der Waals surface area contributed by atoms with Gasteiger partial charge in [0.15, 0.2) is 0 Å². The number of hydrogen-bond donors (Lipinski definition) is 1. The highest BCUT2D eigenvalue weighted by Gasteiger charge is 2.26. The molecule has 88 valence electrons. The molecule has 2 rings (SSSR count). The van der Waals surface area contributed by atoms with Crippen LogP contribution in [0.1, 0.15) is 13.3 Å². The van der Waals surface area contributed by atoms with Gasteiger partial charge in [-0.1, -0.05) is 11.6 Å². The fourth-order valence-electron chi connectivity index (χ4n) is 2.12. The van der Waals surface area contributed by atoms with Gasteiger partial charge >= 0.3 is 0 Å². The van der Waals surface area contributed by atoms with Gasteiger partial charge in [0.05, 0.1) is 0 Å². The predicted molar refractivity (Wildman–Crippen MR) is 78.3 cm³/mol. The Morgan fingerprint density at radius 3 is 2.81 bits per heavy atom. The summed E-state index contributed by atoms with van der Waals surface area (Å²) in [5, 5.41) is 4.39. The molecule has 0 radical (unpaired) electrons. The van der Waals surface area contributed by atoms with E-state index in [9.17, 15) is 0 Å². The van der Waals surface area contributed by atoms with Crippen LogP contribution in [0, 0.1) is 3.57 Å². The summed E-state index contributed by atoms with van der Waals surface area (Å²) in [6.07, 6.45) is 1.20. The van der Waals surface area contributed by atoms with Gasteiger partial charge in [0.1, 0.15) is 0 Å². The van der Waals surface area contributed by atoms with Gasteiger partial charge in [0.2, 0.25) is 0 Å². The molecule has 1 heterocycles. The smallest absolute Gasteiger partial charge is 0.0479 e. The van der Waals surface area contributed by atoms with E-state index in [1.54, 1.807) is 0 Å². The van der Waals surface area contributed by atoms with Gasteiger partial charge in [-0.3, -0.25) is 0 Å². The van der Waals surface area contributed by atoms with Crippen LogP contribution in [-0.4, -0.2) is 30.6 Å². The summed E-state index contributed by atoms with van der Waals surface area (Å²) in [4.78, 5) is 2.39. The molecule has 2 nitrogen and oxygen atoms in total. The number of nitrogens with zero attached hydrogens (tertiary/aromatic N) is 1. The molecule has 0 spiro atoms. The second kappa shape index (κ2) is 5.10. The van der Waals surface area contributed by atoms with Crippen molar-refractivity contribution in [1.29, 1.82) is 0 Å². The first-order valence-corrected chi connectivity index (χ1v) is 6.94. The first kappa shape index (κ1) is 12.5. The van der Waals surface area contributed by atoms with E-state index >= 15 is 0 Å². The summed E-state index contributed by atoms with van der Waals surface area (Å²) < 4.78 is 1.19. The van der Waals surface area contributed by atoms with Crippen molar-refractivity contribution in [2.45, 2.75) is 25.4 Å². The van der Waals surface area contributed by atoms with Gasteiger partial charge < -0.3 is 10.2 Å². The first-order valence-electron chi connectivity index (χ1n) is 5.48. The van der Waals surface area contributed by atoms with Gasteiger partial charge in [-0.2, -0.15) is 0 Å². The van der Waals surface area contributed by atoms with E-state index in [-0.39, 0.29) is 0 Å². The monoisotopic (exact) mass is 350 g/mol. The lowest BCUT2D eigenvalue weighted by Crippen LogP contribution is -2.25. The molecule has 16 heavy (non-hydrogen) atoms. The van der Waals surface area contributed by atoms with Crippen molar-refractivity contribution in [2.75, 3.05) is 18.9 Å². The normalized spacial score (nSPS) is 26.0. The minimum absolute atomic E-state index is 0.551. The third kappa shape index (κ3) is 2.81. The van der Waals surface area contributed by atoms with Crippen LogP contribution in [0.4, 0.5) is 5.69 Å². The molecular formula is C12H16ClIN2. The van der Waals surface area contributed by atoms with Crippen LogP contribution < -0.4 is 5.32 Å². The number of likely N-dealkylation sites (N-methyl/N-ethyl adjacent to an activating group) is 1.